The lowest BCUT2D eigenvalue weighted by molar-refractivity contribution is -0.127. The Hall–Kier alpha value is -1.71. The first-order valence-electron chi connectivity index (χ1n) is 5.64. The van der Waals surface area contributed by atoms with Gasteiger partial charge in [-0.15, -0.1) is 0 Å². The topological polar surface area (TPSA) is 55.6 Å². The lowest BCUT2D eigenvalue weighted by Gasteiger charge is -2.24. The lowest BCUT2D eigenvalue weighted by Crippen LogP contribution is -2.39. The predicted molar refractivity (Wildman–Crippen MR) is 68.3 cm³/mol. The van der Waals surface area contributed by atoms with E-state index in [2.05, 4.69) is 0 Å². The smallest absolute Gasteiger partial charge is 0.235 e. The van der Waals surface area contributed by atoms with Gasteiger partial charge < -0.3 is 15.4 Å². The van der Waals surface area contributed by atoms with Crippen molar-refractivity contribution in [3.05, 3.63) is 17.7 Å². The molecule has 0 fully saturated rings. The van der Waals surface area contributed by atoms with Crippen molar-refractivity contribution in [2.45, 2.75) is 20.8 Å². The largest absolute Gasteiger partial charge is 0.488 e. The maximum Gasteiger partial charge on any atom is 0.235 e. The van der Waals surface area contributed by atoms with Crippen molar-refractivity contribution in [3.8, 4) is 5.75 Å². The van der Waals surface area contributed by atoms with Crippen LogP contribution >= 0.6 is 0 Å². The van der Waals surface area contributed by atoms with Crippen LogP contribution in [0.25, 0.3) is 0 Å². The molecular formula is C13H18N2O2. The number of carbonyl (C=O) groups excluding carboxylic acids is 1. The summed E-state index contributed by atoms with van der Waals surface area (Å²) in [4.78, 5) is 13.9. The van der Waals surface area contributed by atoms with Gasteiger partial charge in [0.25, 0.3) is 0 Å². The number of hydrogen-bond donors (Lipinski definition) is 1. The molecular weight excluding hydrogens is 216 g/mol. The normalized spacial score (nSPS) is 18.4. The molecule has 0 spiro atoms. The van der Waals surface area contributed by atoms with E-state index in [1.54, 1.807) is 11.9 Å². The van der Waals surface area contributed by atoms with E-state index in [1.165, 1.54) is 0 Å². The molecule has 1 amide bonds. The average Bonchev–Trinajstić information content (AvgIpc) is 2.31. The highest BCUT2D eigenvalue weighted by Crippen LogP contribution is 2.40. The summed E-state index contributed by atoms with van der Waals surface area (Å²) in [6.45, 7) is 6.04. The Balaban J connectivity index is 2.59. The summed E-state index contributed by atoms with van der Waals surface area (Å²) in [5.74, 6) is 0.651. The Morgan fingerprint density at radius 1 is 1.41 bits per heavy atom. The van der Waals surface area contributed by atoms with E-state index >= 15 is 0 Å². The molecule has 1 aromatic rings. The van der Waals surface area contributed by atoms with Gasteiger partial charge >= 0.3 is 0 Å². The summed E-state index contributed by atoms with van der Waals surface area (Å²) in [7, 11) is 1.76. The fraction of sp³-hybridized carbons (Fsp3) is 0.462. The molecule has 92 valence electrons. The quantitative estimate of drug-likeness (QED) is 0.698. The summed E-state index contributed by atoms with van der Waals surface area (Å²) in [5, 5.41) is 0. The molecule has 0 saturated heterocycles. The second-order valence-electron chi connectivity index (χ2n) is 5.24. The molecule has 4 nitrogen and oxygen atoms in total. The number of nitrogen functional groups attached to an aromatic ring is 1. The van der Waals surface area contributed by atoms with Crippen molar-refractivity contribution in [1.82, 2.24) is 0 Å². The van der Waals surface area contributed by atoms with E-state index < -0.39 is 5.41 Å². The highest BCUT2D eigenvalue weighted by molar-refractivity contribution is 5.99. The van der Waals surface area contributed by atoms with Crippen LogP contribution in [0, 0.1) is 12.3 Å². The number of anilines is 2. The first-order chi connectivity index (χ1) is 7.83. The van der Waals surface area contributed by atoms with Crippen LogP contribution in [0.1, 0.15) is 19.4 Å². The third-order valence-electron chi connectivity index (χ3n) is 3.06. The molecule has 2 rings (SSSR count). The number of fused-ring (bicyclic) bond motifs is 1. The maximum absolute atomic E-state index is 12.3. The van der Waals surface area contributed by atoms with Gasteiger partial charge in [0.15, 0.2) is 5.75 Å². The number of amides is 1. The van der Waals surface area contributed by atoms with E-state index in [1.807, 2.05) is 32.9 Å². The monoisotopic (exact) mass is 234 g/mol. The van der Waals surface area contributed by atoms with Gasteiger partial charge in [-0.3, -0.25) is 4.79 Å². The Morgan fingerprint density at radius 3 is 2.71 bits per heavy atom. The number of aryl methyl sites for hydroxylation is 1. The molecule has 1 aliphatic rings. The van der Waals surface area contributed by atoms with E-state index in [-0.39, 0.29) is 5.91 Å². The molecule has 0 atom stereocenters. The molecule has 0 aromatic heterocycles. The van der Waals surface area contributed by atoms with Crippen molar-refractivity contribution in [2.24, 2.45) is 5.41 Å². The van der Waals surface area contributed by atoms with Gasteiger partial charge in [-0.1, -0.05) is 0 Å². The minimum atomic E-state index is -0.534. The second kappa shape index (κ2) is 3.65. The molecule has 0 unspecified atom stereocenters. The minimum absolute atomic E-state index is 0.0428. The summed E-state index contributed by atoms with van der Waals surface area (Å²) >= 11 is 0. The molecule has 0 bridgehead atoms. The van der Waals surface area contributed by atoms with Gasteiger partial charge in [0.2, 0.25) is 5.91 Å². The van der Waals surface area contributed by atoms with Crippen molar-refractivity contribution in [3.63, 3.8) is 0 Å². The average molecular weight is 234 g/mol. The first-order valence-corrected chi connectivity index (χ1v) is 5.64. The number of carbonyl (C=O) groups is 1. The predicted octanol–water partition coefficient (Wildman–Crippen LogP) is 1.96. The van der Waals surface area contributed by atoms with Crippen molar-refractivity contribution in [2.75, 3.05) is 24.3 Å². The standard InChI is InChI=1S/C13H18N2O2/c1-8-5-9(14)11-10(6-8)15(4)12(16)13(2,3)7-17-11/h5-6H,7,14H2,1-4H3. The number of rotatable bonds is 0. The first kappa shape index (κ1) is 11.8. The van der Waals surface area contributed by atoms with Crippen molar-refractivity contribution < 1.29 is 9.53 Å². The molecule has 2 N–H and O–H groups in total. The number of nitrogens with zero attached hydrogens (tertiary/aromatic N) is 1. The van der Waals surface area contributed by atoms with Crippen LogP contribution in [0.3, 0.4) is 0 Å². The minimum Gasteiger partial charge on any atom is -0.488 e. The third kappa shape index (κ3) is 1.84. The number of hydrogen-bond acceptors (Lipinski definition) is 3. The fourth-order valence-electron chi connectivity index (χ4n) is 2.07. The molecule has 4 heteroatoms. The molecule has 0 saturated carbocycles. The highest BCUT2D eigenvalue weighted by atomic mass is 16.5. The Labute approximate surface area is 101 Å². The van der Waals surface area contributed by atoms with Crippen LogP contribution < -0.4 is 15.4 Å². The molecule has 0 radical (unpaired) electrons. The molecule has 17 heavy (non-hydrogen) atoms. The fourth-order valence-corrected chi connectivity index (χ4v) is 2.07. The zero-order chi connectivity index (χ0) is 12.8. The van der Waals surface area contributed by atoms with Gasteiger partial charge in [-0.25, -0.2) is 0 Å². The van der Waals surface area contributed by atoms with Crippen LogP contribution in [0.15, 0.2) is 12.1 Å². The van der Waals surface area contributed by atoms with Gasteiger partial charge in [-0.05, 0) is 38.5 Å². The number of nitrogens with two attached hydrogens (primary N) is 1. The lowest BCUT2D eigenvalue weighted by atomic mass is 9.93. The Bertz CT molecular complexity index is 481. The number of ether oxygens (including phenoxy) is 1. The molecule has 1 heterocycles. The van der Waals surface area contributed by atoms with Gasteiger partial charge in [0, 0.05) is 7.05 Å². The highest BCUT2D eigenvalue weighted by Gasteiger charge is 2.36. The maximum atomic E-state index is 12.3. The van der Waals surface area contributed by atoms with Crippen LogP contribution in [0.5, 0.6) is 5.75 Å². The summed E-state index contributed by atoms with van der Waals surface area (Å²) < 4.78 is 5.70. The Morgan fingerprint density at radius 2 is 2.06 bits per heavy atom. The van der Waals surface area contributed by atoms with E-state index in [4.69, 9.17) is 10.5 Å². The van der Waals surface area contributed by atoms with E-state index in [0.717, 1.165) is 11.3 Å². The molecule has 0 aliphatic carbocycles. The third-order valence-corrected chi connectivity index (χ3v) is 3.06. The van der Waals surface area contributed by atoms with Gasteiger partial charge in [0.05, 0.1) is 16.8 Å². The summed E-state index contributed by atoms with van der Waals surface area (Å²) in [6, 6.07) is 3.78. The Kier molecular flexibility index (Phi) is 2.53. The van der Waals surface area contributed by atoms with Crippen LogP contribution in [0.4, 0.5) is 11.4 Å². The van der Waals surface area contributed by atoms with E-state index in [9.17, 15) is 4.79 Å². The molecule has 1 aromatic carbocycles. The zero-order valence-electron chi connectivity index (χ0n) is 10.7. The second-order valence-corrected chi connectivity index (χ2v) is 5.24. The summed E-state index contributed by atoms with van der Waals surface area (Å²) in [6.07, 6.45) is 0. The van der Waals surface area contributed by atoms with Crippen LogP contribution in [0.2, 0.25) is 0 Å². The van der Waals surface area contributed by atoms with Crippen molar-refractivity contribution in [1.29, 1.82) is 0 Å². The molecule has 1 aliphatic heterocycles. The zero-order valence-corrected chi connectivity index (χ0v) is 10.7. The number of benzene rings is 1. The van der Waals surface area contributed by atoms with Crippen molar-refractivity contribution >= 4 is 17.3 Å². The SMILES string of the molecule is Cc1cc(N)c2c(c1)N(C)C(=O)C(C)(C)CO2. The van der Waals surface area contributed by atoms with Crippen LogP contribution in [-0.4, -0.2) is 19.6 Å². The van der Waals surface area contributed by atoms with Gasteiger partial charge in [-0.2, -0.15) is 0 Å². The van der Waals surface area contributed by atoms with Crippen LogP contribution in [-0.2, 0) is 4.79 Å². The van der Waals surface area contributed by atoms with Gasteiger partial charge in [0.1, 0.15) is 6.61 Å². The summed E-state index contributed by atoms with van der Waals surface area (Å²) in [5.41, 5.74) is 7.76. The van der Waals surface area contributed by atoms with E-state index in [0.29, 0.717) is 18.0 Å².